The van der Waals surface area contributed by atoms with E-state index in [0.717, 1.165) is 18.1 Å². The molecule has 2 N–H and O–H groups in total. The summed E-state index contributed by atoms with van der Waals surface area (Å²) in [5.41, 5.74) is 2.84. The van der Waals surface area contributed by atoms with Crippen LogP contribution in [0, 0.1) is 0 Å². The van der Waals surface area contributed by atoms with E-state index in [4.69, 9.17) is 4.74 Å². The summed E-state index contributed by atoms with van der Waals surface area (Å²) in [7, 11) is 3.55. The van der Waals surface area contributed by atoms with Gasteiger partial charge in [-0.25, -0.2) is 0 Å². The Labute approximate surface area is 173 Å². The quantitative estimate of drug-likeness (QED) is 0.371. The van der Waals surface area contributed by atoms with Gasteiger partial charge in [0, 0.05) is 32.7 Å². The molecule has 1 aliphatic carbocycles. The summed E-state index contributed by atoms with van der Waals surface area (Å²) in [6, 6.07) is 21.0. The molecule has 1 saturated carbocycles. The van der Waals surface area contributed by atoms with Crippen molar-refractivity contribution in [2.75, 3.05) is 27.2 Å². The van der Waals surface area contributed by atoms with E-state index >= 15 is 0 Å². The lowest BCUT2D eigenvalue weighted by atomic mass is 9.96. The number of benzene rings is 2. The van der Waals surface area contributed by atoms with E-state index in [1.54, 1.807) is 7.11 Å². The molecule has 4 nitrogen and oxygen atoms in total. The van der Waals surface area contributed by atoms with Crippen LogP contribution in [0.4, 0.5) is 0 Å². The molecule has 3 rings (SSSR count). The summed E-state index contributed by atoms with van der Waals surface area (Å²) >= 11 is 0. The molecular weight excluding hydrogens is 437 g/mol. The Balaban J connectivity index is 0.00000243. The number of nitrogens with one attached hydrogen (secondary N) is 2. The fourth-order valence-corrected chi connectivity index (χ4v) is 3.18. The maximum atomic E-state index is 5.61. The minimum Gasteiger partial charge on any atom is -0.375 e. The molecule has 140 valence electrons. The van der Waals surface area contributed by atoms with Gasteiger partial charge in [0.2, 0.25) is 0 Å². The average Bonchev–Trinajstić information content (AvgIpc) is 3.47. The molecule has 1 unspecified atom stereocenters. The molecule has 0 amide bonds. The van der Waals surface area contributed by atoms with Crippen molar-refractivity contribution in [2.45, 2.75) is 24.4 Å². The summed E-state index contributed by atoms with van der Waals surface area (Å²) in [4.78, 5) is 4.35. The second kappa shape index (κ2) is 9.92. The summed E-state index contributed by atoms with van der Waals surface area (Å²) in [6.07, 6.45) is 2.46. The zero-order valence-electron chi connectivity index (χ0n) is 15.4. The SMILES string of the molecule is CN=C(NCC(OC)c1ccccc1)NCC1(c2ccccc2)CC1.I. The number of methoxy groups -OCH3 is 1. The van der Waals surface area contributed by atoms with Crippen molar-refractivity contribution in [2.24, 2.45) is 4.99 Å². The van der Waals surface area contributed by atoms with Crippen molar-refractivity contribution in [1.82, 2.24) is 10.6 Å². The van der Waals surface area contributed by atoms with E-state index in [-0.39, 0.29) is 35.5 Å². The summed E-state index contributed by atoms with van der Waals surface area (Å²) in [6.45, 7) is 1.58. The molecule has 5 heteroatoms. The standard InChI is InChI=1S/C21H27N3O.HI/c1-22-20(23-15-19(25-2)17-9-5-3-6-10-17)24-16-21(13-14-21)18-11-7-4-8-12-18;/h3-12,19H,13-16H2,1-2H3,(H2,22,23,24);1H. The van der Waals surface area contributed by atoms with Gasteiger partial charge in [0.25, 0.3) is 0 Å². The Bertz CT molecular complexity index is 687. The zero-order valence-corrected chi connectivity index (χ0v) is 17.8. The van der Waals surface area contributed by atoms with Gasteiger partial charge >= 0.3 is 0 Å². The molecule has 1 atom stereocenters. The van der Waals surface area contributed by atoms with Gasteiger partial charge < -0.3 is 15.4 Å². The lowest BCUT2D eigenvalue weighted by Gasteiger charge is -2.21. The molecule has 2 aromatic rings. The number of guanidine groups is 1. The Morgan fingerprint density at radius 2 is 1.65 bits per heavy atom. The van der Waals surface area contributed by atoms with Gasteiger partial charge in [0.1, 0.15) is 0 Å². The molecule has 0 saturated heterocycles. The van der Waals surface area contributed by atoms with Crippen molar-refractivity contribution in [3.8, 4) is 0 Å². The molecule has 0 aliphatic heterocycles. The molecule has 0 heterocycles. The predicted octanol–water partition coefficient (Wildman–Crippen LogP) is 3.89. The summed E-state index contributed by atoms with van der Waals surface area (Å²) in [5, 5.41) is 6.87. The number of ether oxygens (including phenoxy) is 1. The van der Waals surface area contributed by atoms with Crippen molar-refractivity contribution in [3.05, 3.63) is 71.8 Å². The van der Waals surface area contributed by atoms with Crippen molar-refractivity contribution in [3.63, 3.8) is 0 Å². The second-order valence-electron chi connectivity index (χ2n) is 6.59. The van der Waals surface area contributed by atoms with Crippen LogP contribution in [-0.4, -0.2) is 33.2 Å². The van der Waals surface area contributed by atoms with Crippen LogP contribution < -0.4 is 10.6 Å². The fraction of sp³-hybridized carbons (Fsp3) is 0.381. The van der Waals surface area contributed by atoms with E-state index in [1.807, 2.05) is 25.2 Å². The third-order valence-corrected chi connectivity index (χ3v) is 4.97. The maximum Gasteiger partial charge on any atom is 0.191 e. The summed E-state index contributed by atoms with van der Waals surface area (Å²) < 4.78 is 5.61. The van der Waals surface area contributed by atoms with Gasteiger partial charge in [-0.05, 0) is 24.0 Å². The minimum atomic E-state index is 0. The molecule has 0 radical (unpaired) electrons. The van der Waals surface area contributed by atoms with Crippen LogP contribution in [0.3, 0.4) is 0 Å². The summed E-state index contributed by atoms with van der Waals surface area (Å²) in [5.74, 6) is 0.820. The lowest BCUT2D eigenvalue weighted by molar-refractivity contribution is 0.106. The van der Waals surface area contributed by atoms with Crippen molar-refractivity contribution in [1.29, 1.82) is 0 Å². The minimum absolute atomic E-state index is 0. The highest BCUT2D eigenvalue weighted by molar-refractivity contribution is 14.0. The van der Waals surface area contributed by atoms with Gasteiger partial charge in [-0.15, -0.1) is 24.0 Å². The van der Waals surface area contributed by atoms with Crippen LogP contribution in [0.25, 0.3) is 0 Å². The average molecular weight is 465 g/mol. The van der Waals surface area contributed by atoms with E-state index in [9.17, 15) is 0 Å². The third kappa shape index (κ3) is 5.20. The van der Waals surface area contributed by atoms with E-state index in [2.05, 4.69) is 58.1 Å². The molecule has 0 aromatic heterocycles. The Kier molecular flexibility index (Phi) is 7.90. The van der Waals surface area contributed by atoms with Crippen molar-refractivity contribution >= 4 is 29.9 Å². The van der Waals surface area contributed by atoms with Gasteiger partial charge in [-0.1, -0.05) is 60.7 Å². The molecule has 26 heavy (non-hydrogen) atoms. The monoisotopic (exact) mass is 465 g/mol. The topological polar surface area (TPSA) is 45.7 Å². The van der Waals surface area contributed by atoms with E-state index in [1.165, 1.54) is 18.4 Å². The highest BCUT2D eigenvalue weighted by atomic mass is 127. The highest BCUT2D eigenvalue weighted by Crippen LogP contribution is 2.47. The van der Waals surface area contributed by atoms with Crippen LogP contribution in [0.15, 0.2) is 65.7 Å². The number of rotatable bonds is 7. The first-order valence-electron chi connectivity index (χ1n) is 8.85. The number of hydrogen-bond donors (Lipinski definition) is 2. The Hall–Kier alpha value is -1.60. The smallest absolute Gasteiger partial charge is 0.191 e. The van der Waals surface area contributed by atoms with E-state index in [0.29, 0.717) is 6.54 Å². The number of halogens is 1. The first-order chi connectivity index (χ1) is 12.3. The van der Waals surface area contributed by atoms with Crippen LogP contribution >= 0.6 is 24.0 Å². The fourth-order valence-electron chi connectivity index (χ4n) is 3.18. The Morgan fingerprint density at radius 1 is 1.04 bits per heavy atom. The van der Waals surface area contributed by atoms with Crippen LogP contribution in [0.2, 0.25) is 0 Å². The van der Waals surface area contributed by atoms with Gasteiger partial charge in [-0.2, -0.15) is 0 Å². The zero-order chi connectivity index (χ0) is 17.5. The molecule has 1 aliphatic rings. The van der Waals surface area contributed by atoms with E-state index < -0.39 is 0 Å². The molecular formula is C21H28IN3O. The van der Waals surface area contributed by atoms with Crippen LogP contribution in [0.5, 0.6) is 0 Å². The molecule has 2 aromatic carbocycles. The van der Waals surface area contributed by atoms with Crippen molar-refractivity contribution < 1.29 is 4.74 Å². The van der Waals surface area contributed by atoms with Gasteiger partial charge in [0.05, 0.1) is 6.10 Å². The van der Waals surface area contributed by atoms with Crippen LogP contribution in [-0.2, 0) is 10.2 Å². The van der Waals surface area contributed by atoms with Gasteiger partial charge in [0.15, 0.2) is 5.96 Å². The normalized spacial score (nSPS) is 16.3. The largest absolute Gasteiger partial charge is 0.375 e. The number of nitrogens with zero attached hydrogens (tertiary/aromatic N) is 1. The van der Waals surface area contributed by atoms with Crippen LogP contribution in [0.1, 0.15) is 30.1 Å². The maximum absolute atomic E-state index is 5.61. The third-order valence-electron chi connectivity index (χ3n) is 4.97. The van der Waals surface area contributed by atoms with Gasteiger partial charge in [-0.3, -0.25) is 4.99 Å². The molecule has 0 spiro atoms. The Morgan fingerprint density at radius 3 is 2.19 bits per heavy atom. The molecule has 1 fully saturated rings. The number of hydrogen-bond acceptors (Lipinski definition) is 2. The first kappa shape index (κ1) is 20.7. The lowest BCUT2D eigenvalue weighted by Crippen LogP contribution is -2.42. The highest BCUT2D eigenvalue weighted by Gasteiger charge is 2.43. The second-order valence-corrected chi connectivity index (χ2v) is 6.59. The molecule has 0 bridgehead atoms. The first-order valence-corrected chi connectivity index (χ1v) is 8.85. The predicted molar refractivity (Wildman–Crippen MR) is 118 cm³/mol. The number of aliphatic imine (C=N–C) groups is 1.